The van der Waals surface area contributed by atoms with Gasteiger partial charge in [-0.15, -0.1) is 22.7 Å². The number of methoxy groups -OCH3 is 1. The van der Waals surface area contributed by atoms with Crippen molar-refractivity contribution >= 4 is 49.6 Å². The van der Waals surface area contributed by atoms with E-state index in [1.165, 1.54) is 11.3 Å². The topological polar surface area (TPSA) is 55.6 Å². The van der Waals surface area contributed by atoms with Crippen LogP contribution in [0.3, 0.4) is 0 Å². The zero-order valence-corrected chi connectivity index (χ0v) is 13.2. The number of hydrogen-bond acceptors (Lipinski definition) is 5. The Bertz CT molecular complexity index is 983. The fourth-order valence-corrected chi connectivity index (χ4v) is 3.95. The first-order valence-corrected chi connectivity index (χ1v) is 8.25. The van der Waals surface area contributed by atoms with Gasteiger partial charge in [0.15, 0.2) is 4.96 Å². The summed E-state index contributed by atoms with van der Waals surface area (Å²) in [6.45, 7) is 0. The standard InChI is InChI=1S/C15H11N3O2S2/c1-20-10-4-2-3-9(7-10)16-13(19)12-8-11-14(22-12)17-15-18(11)5-6-21-15/h2-8H,1H3,(H,16,19). The molecule has 0 spiro atoms. The van der Waals surface area contributed by atoms with E-state index >= 15 is 0 Å². The SMILES string of the molecule is COc1cccc(NC(=O)c2cc3c(nc4sccn43)s2)c1. The number of nitrogens with zero attached hydrogens (tertiary/aromatic N) is 2. The molecule has 3 aromatic heterocycles. The number of rotatable bonds is 3. The van der Waals surface area contributed by atoms with Gasteiger partial charge < -0.3 is 10.1 Å². The summed E-state index contributed by atoms with van der Waals surface area (Å²) in [4.78, 5) is 19.4. The molecule has 0 saturated heterocycles. The number of ether oxygens (including phenoxy) is 1. The zero-order valence-electron chi connectivity index (χ0n) is 11.6. The van der Waals surface area contributed by atoms with Crippen LogP contribution in [0.5, 0.6) is 5.75 Å². The molecule has 0 aliphatic carbocycles. The number of amides is 1. The van der Waals surface area contributed by atoms with E-state index in [4.69, 9.17) is 4.74 Å². The van der Waals surface area contributed by atoms with E-state index in [2.05, 4.69) is 10.3 Å². The summed E-state index contributed by atoms with van der Waals surface area (Å²) in [5.41, 5.74) is 1.68. The summed E-state index contributed by atoms with van der Waals surface area (Å²) in [5, 5.41) is 4.86. The lowest BCUT2D eigenvalue weighted by molar-refractivity contribution is 0.103. The van der Waals surface area contributed by atoms with Gasteiger partial charge in [-0.25, -0.2) is 4.98 Å². The number of benzene rings is 1. The summed E-state index contributed by atoms with van der Waals surface area (Å²) in [6, 6.07) is 9.17. The van der Waals surface area contributed by atoms with E-state index in [0.29, 0.717) is 16.3 Å². The number of fused-ring (bicyclic) bond motifs is 3. The molecule has 1 aromatic carbocycles. The molecule has 3 heterocycles. The minimum Gasteiger partial charge on any atom is -0.497 e. The predicted octanol–water partition coefficient (Wildman–Crippen LogP) is 3.87. The van der Waals surface area contributed by atoms with Crippen LogP contribution in [-0.2, 0) is 0 Å². The molecule has 4 rings (SSSR count). The van der Waals surface area contributed by atoms with E-state index in [9.17, 15) is 4.79 Å². The molecule has 0 aliphatic heterocycles. The molecular formula is C15H11N3O2S2. The van der Waals surface area contributed by atoms with E-state index in [-0.39, 0.29) is 5.91 Å². The Kier molecular flexibility index (Phi) is 3.09. The van der Waals surface area contributed by atoms with Crippen molar-refractivity contribution in [2.45, 2.75) is 0 Å². The molecule has 22 heavy (non-hydrogen) atoms. The predicted molar refractivity (Wildman–Crippen MR) is 89.4 cm³/mol. The summed E-state index contributed by atoms with van der Waals surface area (Å²) in [6.07, 6.45) is 1.96. The first kappa shape index (κ1) is 13.3. The third kappa shape index (κ3) is 2.15. The van der Waals surface area contributed by atoms with Crippen LogP contribution in [0.2, 0.25) is 0 Å². The Balaban J connectivity index is 1.65. The maximum atomic E-state index is 12.4. The molecule has 0 radical (unpaired) electrons. The molecule has 7 heteroatoms. The fourth-order valence-electron chi connectivity index (χ4n) is 2.25. The van der Waals surface area contributed by atoms with Gasteiger partial charge in [-0.1, -0.05) is 6.07 Å². The van der Waals surface area contributed by atoms with E-state index in [1.807, 2.05) is 40.2 Å². The lowest BCUT2D eigenvalue weighted by atomic mass is 10.3. The van der Waals surface area contributed by atoms with Crippen molar-refractivity contribution in [3.8, 4) is 5.75 Å². The van der Waals surface area contributed by atoms with Crippen LogP contribution in [0.4, 0.5) is 5.69 Å². The van der Waals surface area contributed by atoms with Gasteiger partial charge in [-0.3, -0.25) is 9.20 Å². The van der Waals surface area contributed by atoms with Gasteiger partial charge >= 0.3 is 0 Å². The largest absolute Gasteiger partial charge is 0.497 e. The van der Waals surface area contributed by atoms with E-state index in [0.717, 1.165) is 15.3 Å². The zero-order chi connectivity index (χ0) is 15.1. The van der Waals surface area contributed by atoms with Crippen molar-refractivity contribution in [3.05, 3.63) is 46.8 Å². The Morgan fingerprint density at radius 3 is 3.14 bits per heavy atom. The first-order valence-electron chi connectivity index (χ1n) is 6.55. The lowest BCUT2D eigenvalue weighted by Crippen LogP contribution is -2.10. The van der Waals surface area contributed by atoms with Gasteiger partial charge in [0.2, 0.25) is 0 Å². The maximum Gasteiger partial charge on any atom is 0.265 e. The number of carbonyl (C=O) groups is 1. The smallest absolute Gasteiger partial charge is 0.265 e. The van der Waals surface area contributed by atoms with E-state index in [1.54, 1.807) is 24.5 Å². The molecule has 4 aromatic rings. The van der Waals surface area contributed by atoms with Gasteiger partial charge in [0.25, 0.3) is 5.91 Å². The number of nitrogens with one attached hydrogen (secondary N) is 1. The third-order valence-electron chi connectivity index (χ3n) is 3.29. The highest BCUT2D eigenvalue weighted by Crippen LogP contribution is 2.29. The highest BCUT2D eigenvalue weighted by Gasteiger charge is 2.15. The summed E-state index contributed by atoms with van der Waals surface area (Å²) >= 11 is 2.98. The quantitative estimate of drug-likeness (QED) is 0.621. The minimum atomic E-state index is -0.139. The number of thiazole rings is 1. The molecule has 0 aliphatic rings. The van der Waals surface area contributed by atoms with Gasteiger partial charge in [0.1, 0.15) is 10.6 Å². The number of thiophene rings is 1. The normalized spacial score (nSPS) is 11.1. The average molecular weight is 329 g/mol. The third-order valence-corrected chi connectivity index (χ3v) is 5.06. The highest BCUT2D eigenvalue weighted by atomic mass is 32.1. The first-order chi connectivity index (χ1) is 10.7. The van der Waals surface area contributed by atoms with Crippen LogP contribution in [0, 0.1) is 0 Å². The highest BCUT2D eigenvalue weighted by molar-refractivity contribution is 7.21. The van der Waals surface area contributed by atoms with Crippen molar-refractivity contribution < 1.29 is 9.53 Å². The van der Waals surface area contributed by atoms with Crippen LogP contribution >= 0.6 is 22.7 Å². The van der Waals surface area contributed by atoms with Crippen LogP contribution in [0.15, 0.2) is 41.9 Å². The number of carbonyl (C=O) groups excluding carboxylic acids is 1. The monoisotopic (exact) mass is 329 g/mol. The molecule has 0 unspecified atom stereocenters. The van der Waals surface area contributed by atoms with Gasteiger partial charge in [0, 0.05) is 23.3 Å². The van der Waals surface area contributed by atoms with Gasteiger partial charge in [-0.05, 0) is 18.2 Å². The molecule has 1 amide bonds. The summed E-state index contributed by atoms with van der Waals surface area (Å²) in [5.74, 6) is 0.570. The summed E-state index contributed by atoms with van der Waals surface area (Å²) in [7, 11) is 1.60. The Morgan fingerprint density at radius 1 is 1.36 bits per heavy atom. The van der Waals surface area contributed by atoms with Crippen molar-refractivity contribution in [1.29, 1.82) is 0 Å². The molecule has 0 saturated carbocycles. The molecule has 0 atom stereocenters. The van der Waals surface area contributed by atoms with Crippen molar-refractivity contribution in [3.63, 3.8) is 0 Å². The van der Waals surface area contributed by atoms with Gasteiger partial charge in [0.05, 0.1) is 17.5 Å². The van der Waals surface area contributed by atoms with Crippen LogP contribution in [0.25, 0.3) is 15.3 Å². The molecule has 5 nitrogen and oxygen atoms in total. The van der Waals surface area contributed by atoms with Crippen molar-refractivity contribution in [1.82, 2.24) is 9.38 Å². The molecular weight excluding hydrogens is 318 g/mol. The Morgan fingerprint density at radius 2 is 2.27 bits per heavy atom. The second-order valence-electron chi connectivity index (χ2n) is 4.65. The molecule has 0 fully saturated rings. The van der Waals surface area contributed by atoms with E-state index < -0.39 is 0 Å². The fraction of sp³-hybridized carbons (Fsp3) is 0.0667. The molecule has 0 bridgehead atoms. The van der Waals surface area contributed by atoms with Crippen LogP contribution in [0.1, 0.15) is 9.67 Å². The Hall–Kier alpha value is -2.38. The van der Waals surface area contributed by atoms with Crippen molar-refractivity contribution in [2.75, 3.05) is 12.4 Å². The van der Waals surface area contributed by atoms with Crippen molar-refractivity contribution in [2.24, 2.45) is 0 Å². The average Bonchev–Trinajstić information content (AvgIpc) is 3.18. The number of hydrogen-bond donors (Lipinski definition) is 1. The van der Waals surface area contributed by atoms with Crippen LogP contribution in [-0.4, -0.2) is 22.4 Å². The molecule has 110 valence electrons. The lowest BCUT2D eigenvalue weighted by Gasteiger charge is -2.05. The Labute approximate surface area is 133 Å². The summed E-state index contributed by atoms with van der Waals surface area (Å²) < 4.78 is 7.16. The van der Waals surface area contributed by atoms with Crippen LogP contribution < -0.4 is 10.1 Å². The molecule has 1 N–H and O–H groups in total. The second kappa shape index (κ2) is 5.11. The number of aromatic nitrogens is 2. The van der Waals surface area contributed by atoms with Gasteiger partial charge in [-0.2, -0.15) is 0 Å². The minimum absolute atomic E-state index is 0.139. The number of anilines is 1. The second-order valence-corrected chi connectivity index (χ2v) is 6.56. The maximum absolute atomic E-state index is 12.4. The number of imidazole rings is 1.